The van der Waals surface area contributed by atoms with Crippen molar-refractivity contribution in [3.05, 3.63) is 29.8 Å². The molecule has 10 heteroatoms. The first-order valence-corrected chi connectivity index (χ1v) is 8.28. The van der Waals surface area contributed by atoms with Gasteiger partial charge in [0.1, 0.15) is 0 Å². The predicted molar refractivity (Wildman–Crippen MR) is 82.8 cm³/mol. The van der Waals surface area contributed by atoms with Crippen molar-refractivity contribution in [3.8, 4) is 0 Å². The highest BCUT2D eigenvalue weighted by Gasteiger charge is 2.19. The van der Waals surface area contributed by atoms with Crippen LogP contribution in [-0.4, -0.2) is 58.0 Å². The Morgan fingerprint density at radius 3 is 2.42 bits per heavy atom. The van der Waals surface area contributed by atoms with Crippen LogP contribution in [0.2, 0.25) is 0 Å². The van der Waals surface area contributed by atoms with Crippen LogP contribution in [0, 0.1) is 0 Å². The van der Waals surface area contributed by atoms with Crippen molar-refractivity contribution in [2.75, 3.05) is 27.3 Å². The molecule has 0 bridgehead atoms. The maximum absolute atomic E-state index is 12.0. The minimum Gasteiger partial charge on any atom is -0.452 e. The molecule has 0 atom stereocenters. The molecule has 1 rings (SSSR count). The third kappa shape index (κ3) is 5.32. The molecule has 24 heavy (non-hydrogen) atoms. The molecule has 0 saturated heterocycles. The van der Waals surface area contributed by atoms with Gasteiger partial charge in [-0.25, -0.2) is 22.3 Å². The van der Waals surface area contributed by atoms with Crippen molar-refractivity contribution in [2.24, 2.45) is 0 Å². The predicted octanol–water partition coefficient (Wildman–Crippen LogP) is 0.366. The first-order chi connectivity index (χ1) is 11.2. The molecule has 0 heterocycles. The maximum Gasteiger partial charge on any atom is 0.413 e. The Morgan fingerprint density at radius 2 is 1.83 bits per heavy atom. The Bertz CT molecular complexity index is 728. The zero-order valence-corrected chi connectivity index (χ0v) is 14.3. The summed E-state index contributed by atoms with van der Waals surface area (Å²) in [4.78, 5) is 34.2. The molecular weight excluding hydrogens is 340 g/mol. The monoisotopic (exact) mass is 358 g/mol. The Balaban J connectivity index is 2.73. The summed E-state index contributed by atoms with van der Waals surface area (Å²) in [6.07, 6.45) is -0.947. The Morgan fingerprint density at radius 1 is 1.17 bits per heavy atom. The fraction of sp³-hybridized carbons (Fsp3) is 0.357. The van der Waals surface area contributed by atoms with Crippen molar-refractivity contribution in [1.82, 2.24) is 9.62 Å². The lowest BCUT2D eigenvalue weighted by Crippen LogP contribution is -2.34. The average molecular weight is 358 g/mol. The van der Waals surface area contributed by atoms with Crippen LogP contribution in [0.1, 0.15) is 17.3 Å². The third-order valence-electron chi connectivity index (χ3n) is 2.70. The summed E-state index contributed by atoms with van der Waals surface area (Å²) in [6.45, 7) is 0.952. The van der Waals surface area contributed by atoms with Crippen molar-refractivity contribution in [3.63, 3.8) is 0 Å². The van der Waals surface area contributed by atoms with Crippen molar-refractivity contribution < 1.29 is 32.3 Å². The van der Waals surface area contributed by atoms with E-state index in [1.54, 1.807) is 6.92 Å². The molecule has 0 saturated carbocycles. The molecule has 1 aromatic rings. The number of nitrogens with zero attached hydrogens (tertiary/aromatic N) is 1. The van der Waals surface area contributed by atoms with E-state index in [0.717, 1.165) is 10.4 Å². The lowest BCUT2D eigenvalue weighted by molar-refractivity contribution is -0.123. The van der Waals surface area contributed by atoms with Gasteiger partial charge in [0.2, 0.25) is 10.0 Å². The van der Waals surface area contributed by atoms with Gasteiger partial charge in [0.25, 0.3) is 5.91 Å². The van der Waals surface area contributed by atoms with Gasteiger partial charge >= 0.3 is 12.1 Å². The highest BCUT2D eigenvalue weighted by molar-refractivity contribution is 7.89. The molecule has 132 valence electrons. The number of benzene rings is 1. The number of esters is 1. The number of sulfonamides is 1. The Labute approximate surface area is 139 Å². The molecule has 0 aromatic heterocycles. The summed E-state index contributed by atoms with van der Waals surface area (Å²) in [5.41, 5.74) is -0.0399. The summed E-state index contributed by atoms with van der Waals surface area (Å²) in [5, 5.41) is 1.86. The van der Waals surface area contributed by atoms with Gasteiger partial charge in [-0.15, -0.1) is 0 Å². The fourth-order valence-electron chi connectivity index (χ4n) is 1.53. The summed E-state index contributed by atoms with van der Waals surface area (Å²) >= 11 is 0. The van der Waals surface area contributed by atoms with Crippen molar-refractivity contribution in [2.45, 2.75) is 11.8 Å². The van der Waals surface area contributed by atoms with E-state index < -0.39 is 34.6 Å². The molecule has 0 unspecified atom stereocenters. The molecule has 0 aliphatic carbocycles. The maximum atomic E-state index is 12.0. The van der Waals surface area contributed by atoms with Crippen LogP contribution in [-0.2, 0) is 24.3 Å². The second-order valence-electron chi connectivity index (χ2n) is 4.66. The van der Waals surface area contributed by atoms with Gasteiger partial charge in [-0.1, -0.05) is 6.07 Å². The minimum atomic E-state index is -3.70. The van der Waals surface area contributed by atoms with Gasteiger partial charge in [0.15, 0.2) is 6.61 Å². The van der Waals surface area contributed by atoms with Crippen LogP contribution in [0.25, 0.3) is 0 Å². The molecule has 2 amide bonds. The number of ether oxygens (including phenoxy) is 2. The van der Waals surface area contributed by atoms with Crippen LogP contribution >= 0.6 is 0 Å². The highest BCUT2D eigenvalue weighted by atomic mass is 32.2. The summed E-state index contributed by atoms with van der Waals surface area (Å²) < 4.78 is 34.3. The third-order valence-corrected chi connectivity index (χ3v) is 4.51. The number of carbonyl (C=O) groups is 3. The summed E-state index contributed by atoms with van der Waals surface area (Å²) in [6, 6.07) is 5.20. The van der Waals surface area contributed by atoms with Crippen molar-refractivity contribution in [1.29, 1.82) is 0 Å². The van der Waals surface area contributed by atoms with Crippen LogP contribution in [0.4, 0.5) is 4.79 Å². The molecule has 0 radical (unpaired) electrons. The van der Waals surface area contributed by atoms with Crippen LogP contribution in [0.15, 0.2) is 29.2 Å². The van der Waals surface area contributed by atoms with Crippen LogP contribution in [0.3, 0.4) is 0 Å². The zero-order valence-electron chi connectivity index (χ0n) is 13.4. The number of carbonyl (C=O) groups excluding carboxylic acids is 3. The van der Waals surface area contributed by atoms with E-state index in [4.69, 9.17) is 4.74 Å². The highest BCUT2D eigenvalue weighted by Crippen LogP contribution is 2.15. The molecule has 9 nitrogen and oxygen atoms in total. The first kappa shape index (κ1) is 19.6. The Kier molecular flexibility index (Phi) is 6.86. The number of imide groups is 1. The van der Waals surface area contributed by atoms with Gasteiger partial charge in [-0.2, -0.15) is 0 Å². The van der Waals surface area contributed by atoms with E-state index in [1.807, 2.05) is 5.32 Å². The molecule has 0 spiro atoms. The zero-order chi connectivity index (χ0) is 18.3. The molecule has 0 aliphatic heterocycles. The van der Waals surface area contributed by atoms with E-state index in [1.165, 1.54) is 32.3 Å². The lowest BCUT2D eigenvalue weighted by Gasteiger charge is -2.12. The number of nitrogens with one attached hydrogen (secondary N) is 1. The normalized spacial score (nSPS) is 11.0. The van der Waals surface area contributed by atoms with E-state index in [2.05, 4.69) is 4.74 Å². The van der Waals surface area contributed by atoms with Crippen LogP contribution < -0.4 is 5.32 Å². The molecule has 1 N–H and O–H groups in total. The average Bonchev–Trinajstić information content (AvgIpc) is 2.52. The lowest BCUT2D eigenvalue weighted by atomic mass is 10.2. The van der Waals surface area contributed by atoms with Gasteiger partial charge < -0.3 is 9.47 Å². The van der Waals surface area contributed by atoms with E-state index >= 15 is 0 Å². The van der Waals surface area contributed by atoms with E-state index in [0.29, 0.717) is 0 Å². The van der Waals surface area contributed by atoms with Crippen molar-refractivity contribution >= 4 is 28.0 Å². The smallest absolute Gasteiger partial charge is 0.413 e. The summed E-state index contributed by atoms with van der Waals surface area (Å²) in [5.74, 6) is -1.76. The quantitative estimate of drug-likeness (QED) is 0.729. The van der Waals surface area contributed by atoms with Gasteiger partial charge in [0, 0.05) is 14.1 Å². The number of hydrogen-bond donors (Lipinski definition) is 1. The standard InChI is InChI=1S/C14H18N2O7S/c1-4-22-14(19)15-12(17)9-23-13(18)10-6-5-7-11(8-10)24(20,21)16(2)3/h5-8H,4,9H2,1-3H3,(H,15,17,19). The number of hydrogen-bond acceptors (Lipinski definition) is 7. The van der Waals surface area contributed by atoms with E-state index in [-0.39, 0.29) is 17.1 Å². The molecular formula is C14H18N2O7S. The number of alkyl carbamates (subject to hydrolysis) is 1. The van der Waals surface area contributed by atoms with Gasteiger partial charge in [-0.3, -0.25) is 10.1 Å². The second-order valence-corrected chi connectivity index (χ2v) is 6.81. The summed E-state index contributed by atoms with van der Waals surface area (Å²) in [7, 11) is -0.979. The number of amides is 2. The second kappa shape index (κ2) is 8.41. The minimum absolute atomic E-state index is 0.0399. The van der Waals surface area contributed by atoms with Crippen LogP contribution in [0.5, 0.6) is 0 Å². The Hall–Kier alpha value is -2.46. The molecule has 0 fully saturated rings. The topological polar surface area (TPSA) is 119 Å². The van der Waals surface area contributed by atoms with Gasteiger partial charge in [0.05, 0.1) is 17.1 Å². The molecule has 0 aliphatic rings. The van der Waals surface area contributed by atoms with E-state index in [9.17, 15) is 22.8 Å². The first-order valence-electron chi connectivity index (χ1n) is 6.84. The fourth-order valence-corrected chi connectivity index (χ4v) is 2.47. The largest absolute Gasteiger partial charge is 0.452 e. The molecule has 1 aromatic carbocycles. The van der Waals surface area contributed by atoms with Gasteiger partial charge in [-0.05, 0) is 25.1 Å². The number of rotatable bonds is 6. The SMILES string of the molecule is CCOC(=O)NC(=O)COC(=O)c1cccc(S(=O)(=O)N(C)C)c1.